The van der Waals surface area contributed by atoms with Crippen molar-refractivity contribution in [3.05, 3.63) is 83.9 Å². The Labute approximate surface area is 214 Å². The minimum atomic E-state index is 0. The quantitative estimate of drug-likeness (QED) is 0.247. The van der Waals surface area contributed by atoms with Crippen molar-refractivity contribution in [2.75, 3.05) is 31.1 Å². The molecule has 1 atom stereocenters. The molecule has 0 bridgehead atoms. The standard InChI is InChI=1S/C26H34N6.HI/c1-3-27-26(30-23-14-17-31(20-23)24-11-9-21(2)10-12-24)29-15-13-25-28-16-18-32(25)19-22-7-5-4-6-8-22;/h4-12,16,18,23H,3,13-15,17,19-20H2,1-2H3,(H2,27,29,30);1H. The number of aryl methyl sites for hydroxylation is 1. The van der Waals surface area contributed by atoms with Crippen molar-refractivity contribution in [3.63, 3.8) is 0 Å². The summed E-state index contributed by atoms with van der Waals surface area (Å²) in [4.78, 5) is 11.8. The Morgan fingerprint density at radius 1 is 1.12 bits per heavy atom. The smallest absolute Gasteiger partial charge is 0.191 e. The second-order valence-corrected chi connectivity index (χ2v) is 8.38. The molecule has 1 aliphatic rings. The molecular formula is C26H35IN6. The van der Waals surface area contributed by atoms with Crippen LogP contribution in [-0.4, -0.2) is 47.7 Å². The number of nitrogens with zero attached hydrogens (tertiary/aromatic N) is 4. The van der Waals surface area contributed by atoms with Crippen LogP contribution in [0.1, 0.15) is 30.3 Å². The van der Waals surface area contributed by atoms with E-state index in [9.17, 15) is 0 Å². The summed E-state index contributed by atoms with van der Waals surface area (Å²) in [5.41, 5.74) is 3.88. The molecule has 2 heterocycles. The van der Waals surface area contributed by atoms with Crippen molar-refractivity contribution < 1.29 is 0 Å². The lowest BCUT2D eigenvalue weighted by Crippen LogP contribution is -2.44. The first-order chi connectivity index (χ1) is 15.7. The third-order valence-electron chi connectivity index (χ3n) is 5.88. The highest BCUT2D eigenvalue weighted by molar-refractivity contribution is 14.0. The highest BCUT2D eigenvalue weighted by Gasteiger charge is 2.23. The topological polar surface area (TPSA) is 57.5 Å². The Bertz CT molecular complexity index is 999. The Balaban J connectivity index is 0.00000306. The normalized spacial score (nSPS) is 15.9. The van der Waals surface area contributed by atoms with Crippen molar-refractivity contribution in [2.45, 2.75) is 39.3 Å². The van der Waals surface area contributed by atoms with Gasteiger partial charge in [-0.15, -0.1) is 24.0 Å². The summed E-state index contributed by atoms with van der Waals surface area (Å²) in [6.45, 7) is 8.70. The van der Waals surface area contributed by atoms with E-state index in [1.165, 1.54) is 16.8 Å². The van der Waals surface area contributed by atoms with Gasteiger partial charge in [0, 0.05) is 63.3 Å². The number of aromatic nitrogens is 2. The van der Waals surface area contributed by atoms with Crippen LogP contribution in [0, 0.1) is 6.92 Å². The van der Waals surface area contributed by atoms with Crippen molar-refractivity contribution in [3.8, 4) is 0 Å². The van der Waals surface area contributed by atoms with Crippen LogP contribution in [0.25, 0.3) is 0 Å². The highest BCUT2D eigenvalue weighted by Crippen LogP contribution is 2.20. The molecule has 0 aliphatic carbocycles. The van der Waals surface area contributed by atoms with E-state index in [1.54, 1.807) is 0 Å². The molecule has 33 heavy (non-hydrogen) atoms. The van der Waals surface area contributed by atoms with Crippen LogP contribution in [-0.2, 0) is 13.0 Å². The van der Waals surface area contributed by atoms with E-state index in [1.807, 2.05) is 18.5 Å². The van der Waals surface area contributed by atoms with Gasteiger partial charge in [-0.05, 0) is 38.0 Å². The Hall–Kier alpha value is -2.55. The molecule has 0 amide bonds. The molecular weight excluding hydrogens is 523 g/mol. The van der Waals surface area contributed by atoms with E-state index in [0.29, 0.717) is 12.6 Å². The number of anilines is 1. The van der Waals surface area contributed by atoms with E-state index in [4.69, 9.17) is 4.99 Å². The summed E-state index contributed by atoms with van der Waals surface area (Å²) in [5, 5.41) is 7.03. The minimum absolute atomic E-state index is 0. The second kappa shape index (κ2) is 12.6. The van der Waals surface area contributed by atoms with Gasteiger partial charge in [-0.3, -0.25) is 4.99 Å². The van der Waals surface area contributed by atoms with Gasteiger partial charge in [-0.1, -0.05) is 48.0 Å². The van der Waals surface area contributed by atoms with Crippen molar-refractivity contribution >= 4 is 35.6 Å². The fourth-order valence-electron chi connectivity index (χ4n) is 4.14. The maximum absolute atomic E-state index is 4.83. The summed E-state index contributed by atoms with van der Waals surface area (Å²) in [6.07, 6.45) is 5.85. The summed E-state index contributed by atoms with van der Waals surface area (Å²) in [7, 11) is 0. The Kier molecular flexibility index (Phi) is 9.60. The van der Waals surface area contributed by atoms with Crippen molar-refractivity contribution in [1.82, 2.24) is 20.2 Å². The van der Waals surface area contributed by atoms with E-state index >= 15 is 0 Å². The molecule has 4 rings (SSSR count). The third-order valence-corrected chi connectivity index (χ3v) is 5.88. The summed E-state index contributed by atoms with van der Waals surface area (Å²) in [6, 6.07) is 19.7. The molecule has 1 aromatic heterocycles. The molecule has 1 saturated heterocycles. The molecule has 2 N–H and O–H groups in total. The zero-order chi connectivity index (χ0) is 22.2. The molecule has 3 aromatic rings. The molecule has 1 fully saturated rings. The van der Waals surface area contributed by atoms with E-state index in [0.717, 1.165) is 50.8 Å². The second-order valence-electron chi connectivity index (χ2n) is 8.38. The summed E-state index contributed by atoms with van der Waals surface area (Å²) < 4.78 is 2.21. The first-order valence-corrected chi connectivity index (χ1v) is 11.6. The Morgan fingerprint density at radius 2 is 1.91 bits per heavy atom. The monoisotopic (exact) mass is 558 g/mol. The number of hydrogen-bond donors (Lipinski definition) is 2. The van der Waals surface area contributed by atoms with Gasteiger partial charge in [-0.2, -0.15) is 0 Å². The zero-order valence-electron chi connectivity index (χ0n) is 19.6. The largest absolute Gasteiger partial charge is 0.369 e. The van der Waals surface area contributed by atoms with Gasteiger partial charge < -0.3 is 20.1 Å². The molecule has 0 spiro atoms. The highest BCUT2D eigenvalue weighted by atomic mass is 127. The van der Waals surface area contributed by atoms with Crippen LogP contribution < -0.4 is 15.5 Å². The average Bonchev–Trinajstić information content (AvgIpc) is 3.45. The third kappa shape index (κ3) is 7.22. The van der Waals surface area contributed by atoms with Crippen LogP contribution in [0.3, 0.4) is 0 Å². The van der Waals surface area contributed by atoms with E-state index in [-0.39, 0.29) is 24.0 Å². The molecule has 2 aromatic carbocycles. The lowest BCUT2D eigenvalue weighted by Gasteiger charge is -2.20. The maximum atomic E-state index is 4.83. The summed E-state index contributed by atoms with van der Waals surface area (Å²) >= 11 is 0. The van der Waals surface area contributed by atoms with Crippen molar-refractivity contribution in [2.24, 2.45) is 4.99 Å². The number of rotatable bonds is 8. The fraction of sp³-hybridized carbons (Fsp3) is 0.385. The summed E-state index contributed by atoms with van der Waals surface area (Å²) in [5.74, 6) is 1.96. The van der Waals surface area contributed by atoms with Crippen LogP contribution >= 0.6 is 24.0 Å². The molecule has 0 radical (unpaired) electrons. The predicted molar refractivity (Wildman–Crippen MR) is 148 cm³/mol. The SMILES string of the molecule is CCNC(=NCCc1nccn1Cc1ccccc1)NC1CCN(c2ccc(C)cc2)C1.I. The average molecular weight is 559 g/mol. The molecule has 7 heteroatoms. The van der Waals surface area contributed by atoms with Gasteiger partial charge in [0.05, 0.1) is 0 Å². The van der Waals surface area contributed by atoms with Gasteiger partial charge in [0.1, 0.15) is 5.82 Å². The van der Waals surface area contributed by atoms with Gasteiger partial charge in [0.2, 0.25) is 0 Å². The number of benzene rings is 2. The van der Waals surface area contributed by atoms with Crippen LogP contribution in [0.2, 0.25) is 0 Å². The number of guanidine groups is 1. The Morgan fingerprint density at radius 3 is 2.67 bits per heavy atom. The van der Waals surface area contributed by atoms with E-state index < -0.39 is 0 Å². The first kappa shape index (κ1) is 25.1. The number of hydrogen-bond acceptors (Lipinski definition) is 3. The zero-order valence-corrected chi connectivity index (χ0v) is 21.9. The maximum Gasteiger partial charge on any atom is 0.191 e. The van der Waals surface area contributed by atoms with E-state index in [2.05, 4.69) is 87.5 Å². The van der Waals surface area contributed by atoms with Gasteiger partial charge >= 0.3 is 0 Å². The molecule has 1 unspecified atom stereocenters. The predicted octanol–water partition coefficient (Wildman–Crippen LogP) is 4.23. The van der Waals surface area contributed by atoms with Crippen molar-refractivity contribution in [1.29, 1.82) is 0 Å². The number of aliphatic imine (C=N–C) groups is 1. The number of nitrogens with one attached hydrogen (secondary N) is 2. The van der Waals surface area contributed by atoms with Gasteiger partial charge in [0.25, 0.3) is 0 Å². The van der Waals surface area contributed by atoms with Gasteiger partial charge in [-0.25, -0.2) is 4.98 Å². The molecule has 0 saturated carbocycles. The lowest BCUT2D eigenvalue weighted by atomic mass is 10.2. The molecule has 1 aliphatic heterocycles. The van der Waals surface area contributed by atoms with Gasteiger partial charge in [0.15, 0.2) is 5.96 Å². The molecule has 6 nitrogen and oxygen atoms in total. The lowest BCUT2D eigenvalue weighted by molar-refractivity contribution is 0.647. The first-order valence-electron chi connectivity index (χ1n) is 11.6. The number of halogens is 1. The fourth-order valence-corrected chi connectivity index (χ4v) is 4.14. The molecule has 176 valence electrons. The number of imidazole rings is 1. The van der Waals surface area contributed by atoms with Crippen LogP contribution in [0.15, 0.2) is 72.0 Å². The van der Waals surface area contributed by atoms with Crippen LogP contribution in [0.5, 0.6) is 0 Å². The minimum Gasteiger partial charge on any atom is -0.369 e. The van der Waals surface area contributed by atoms with Crippen LogP contribution in [0.4, 0.5) is 5.69 Å².